The van der Waals surface area contributed by atoms with Gasteiger partial charge < -0.3 is 28.7 Å². The third kappa shape index (κ3) is 16.6. The average molecular weight is 757 g/mol. The summed E-state index contributed by atoms with van der Waals surface area (Å²) in [6.45, 7) is 21.3. The molecule has 3 rings (SSSR count). The van der Waals surface area contributed by atoms with Gasteiger partial charge in [-0.05, 0) is 106 Å². The molecule has 0 saturated carbocycles. The van der Waals surface area contributed by atoms with Crippen LogP contribution in [-0.4, -0.2) is 120 Å². The molecule has 54 heavy (non-hydrogen) atoms. The van der Waals surface area contributed by atoms with Crippen molar-refractivity contribution >= 4 is 36.0 Å². The molecule has 15 heteroatoms. The van der Waals surface area contributed by atoms with Gasteiger partial charge in [-0.15, -0.1) is 0 Å². The number of guanidine groups is 2. The van der Waals surface area contributed by atoms with Crippen molar-refractivity contribution in [2.45, 2.75) is 124 Å². The number of carbonyl (C=O) groups is 3. The molecule has 0 bridgehead atoms. The second-order valence-electron chi connectivity index (χ2n) is 16.5. The molecular formula is C39H64N8O7. The van der Waals surface area contributed by atoms with Gasteiger partial charge in [0.25, 0.3) is 0 Å². The smallest absolute Gasteiger partial charge is 0.416 e. The van der Waals surface area contributed by atoms with E-state index in [2.05, 4.69) is 25.5 Å². The number of nitrogens with zero attached hydrogens (tertiary/aromatic N) is 5. The van der Waals surface area contributed by atoms with Gasteiger partial charge >= 0.3 is 18.3 Å². The van der Waals surface area contributed by atoms with E-state index >= 15 is 0 Å². The van der Waals surface area contributed by atoms with Crippen molar-refractivity contribution in [1.29, 1.82) is 5.41 Å². The van der Waals surface area contributed by atoms with E-state index in [-0.39, 0.29) is 12.1 Å². The van der Waals surface area contributed by atoms with Crippen molar-refractivity contribution in [3.05, 3.63) is 29.8 Å². The molecule has 1 aromatic carbocycles. The number of carbonyl (C=O) groups excluding carboxylic acids is 3. The first-order valence-electron chi connectivity index (χ1n) is 19.2. The van der Waals surface area contributed by atoms with Crippen LogP contribution in [-0.2, 0) is 14.2 Å². The zero-order valence-corrected chi connectivity index (χ0v) is 34.0. The predicted octanol–water partition coefficient (Wildman–Crippen LogP) is 6.75. The van der Waals surface area contributed by atoms with E-state index in [0.29, 0.717) is 44.6 Å². The molecule has 1 aromatic rings. The molecule has 3 amide bonds. The zero-order chi connectivity index (χ0) is 39.9. The molecular weight excluding hydrogens is 692 g/mol. The Labute approximate surface area is 321 Å². The lowest BCUT2D eigenvalue weighted by atomic mass is 10.1. The zero-order valence-electron chi connectivity index (χ0n) is 34.0. The largest absolute Gasteiger partial charge is 0.492 e. The van der Waals surface area contributed by atoms with E-state index < -0.39 is 29.0 Å². The van der Waals surface area contributed by atoms with Crippen molar-refractivity contribution in [2.75, 3.05) is 52.4 Å². The lowest BCUT2D eigenvalue weighted by molar-refractivity contribution is 0.0362. The van der Waals surface area contributed by atoms with Gasteiger partial charge in [0, 0.05) is 44.8 Å². The van der Waals surface area contributed by atoms with Gasteiger partial charge in [-0.2, -0.15) is 0 Å². The van der Waals surface area contributed by atoms with Gasteiger partial charge in [-0.25, -0.2) is 14.4 Å². The molecule has 1 saturated heterocycles. The Bertz CT molecular complexity index is 1430. The lowest BCUT2D eigenvalue weighted by Crippen LogP contribution is -2.47. The molecule has 302 valence electrons. The molecule has 0 spiro atoms. The van der Waals surface area contributed by atoms with Crippen LogP contribution in [0.1, 0.15) is 113 Å². The number of rotatable bonds is 14. The van der Waals surface area contributed by atoms with Crippen molar-refractivity contribution in [3.8, 4) is 5.75 Å². The lowest BCUT2D eigenvalue weighted by Gasteiger charge is -2.30. The van der Waals surface area contributed by atoms with Crippen molar-refractivity contribution in [3.63, 3.8) is 0 Å². The summed E-state index contributed by atoms with van der Waals surface area (Å²) in [5.74, 6) is 1.89. The summed E-state index contributed by atoms with van der Waals surface area (Å²) in [4.78, 5) is 52.1. The number of unbranched alkanes of at least 4 members (excludes halogenated alkanes) is 5. The van der Waals surface area contributed by atoms with Gasteiger partial charge in [0.1, 0.15) is 35.0 Å². The molecule has 0 atom stereocenters. The number of hydrogen-bond donors (Lipinski definition) is 3. The van der Waals surface area contributed by atoms with Crippen LogP contribution in [0, 0.1) is 5.41 Å². The Morgan fingerprint density at radius 3 is 1.85 bits per heavy atom. The second-order valence-corrected chi connectivity index (χ2v) is 16.5. The van der Waals surface area contributed by atoms with Crippen LogP contribution < -0.4 is 15.4 Å². The molecule has 3 N–H and O–H groups in total. The van der Waals surface area contributed by atoms with Crippen molar-refractivity contribution < 1.29 is 33.3 Å². The summed E-state index contributed by atoms with van der Waals surface area (Å²) in [6, 6.07) is 7.61. The molecule has 2 aliphatic rings. The molecule has 15 nitrogen and oxygen atoms in total. The number of amides is 3. The van der Waals surface area contributed by atoms with Crippen LogP contribution in [0.3, 0.4) is 0 Å². The number of nitrogens with one attached hydrogen (secondary N) is 3. The molecule has 0 aliphatic carbocycles. The first-order valence-corrected chi connectivity index (χ1v) is 19.2. The minimum absolute atomic E-state index is 0.00101. The molecule has 0 unspecified atom stereocenters. The molecule has 0 radical (unpaired) electrons. The van der Waals surface area contributed by atoms with E-state index in [0.717, 1.165) is 75.9 Å². The van der Waals surface area contributed by atoms with Crippen LogP contribution in [0.4, 0.5) is 14.4 Å². The van der Waals surface area contributed by atoms with Crippen LogP contribution in [0.2, 0.25) is 0 Å². The molecule has 0 aromatic heterocycles. The minimum atomic E-state index is -0.705. The fourth-order valence-electron chi connectivity index (χ4n) is 5.63. The first-order chi connectivity index (χ1) is 25.3. The van der Waals surface area contributed by atoms with Gasteiger partial charge in [-0.1, -0.05) is 25.7 Å². The number of benzene rings is 1. The summed E-state index contributed by atoms with van der Waals surface area (Å²) in [7, 11) is 0. The summed E-state index contributed by atoms with van der Waals surface area (Å²) >= 11 is 0. The quantitative estimate of drug-likeness (QED) is 0.0804. The van der Waals surface area contributed by atoms with Gasteiger partial charge in [0.05, 0.1) is 6.54 Å². The monoisotopic (exact) mass is 756 g/mol. The highest BCUT2D eigenvalue weighted by atomic mass is 16.6. The SMILES string of the molecule is CC(C)(C)OC(=O)NC(=NCCCCCCCCN1CCN(CCOc2ccc(C3=NCCCN3C(=O)OC(C)(C)C)cc2)C1=N)NC(=O)OC(C)(C)C. The van der Waals surface area contributed by atoms with E-state index in [4.69, 9.17) is 24.4 Å². The number of hydrogen-bond acceptors (Lipinski definition) is 10. The fraction of sp³-hybridized carbons (Fsp3) is 0.692. The van der Waals surface area contributed by atoms with Crippen LogP contribution in [0.15, 0.2) is 34.3 Å². The Morgan fingerprint density at radius 2 is 1.28 bits per heavy atom. The predicted molar refractivity (Wildman–Crippen MR) is 211 cm³/mol. The van der Waals surface area contributed by atoms with Crippen molar-refractivity contribution in [2.24, 2.45) is 9.98 Å². The van der Waals surface area contributed by atoms with E-state index in [1.807, 2.05) is 49.9 Å². The highest BCUT2D eigenvalue weighted by molar-refractivity contribution is 6.07. The maximum Gasteiger partial charge on any atom is 0.416 e. The number of aliphatic imine (C=N–C) groups is 2. The Hall–Kier alpha value is -4.56. The molecule has 2 aliphatic heterocycles. The number of alkyl carbamates (subject to hydrolysis) is 2. The van der Waals surface area contributed by atoms with E-state index in [9.17, 15) is 14.4 Å². The minimum Gasteiger partial charge on any atom is -0.492 e. The Kier molecular flexibility index (Phi) is 16.4. The van der Waals surface area contributed by atoms with Gasteiger partial charge in [0.2, 0.25) is 5.96 Å². The summed E-state index contributed by atoms with van der Waals surface area (Å²) < 4.78 is 22.2. The van der Waals surface area contributed by atoms with Crippen LogP contribution in [0.5, 0.6) is 5.75 Å². The topological polar surface area (TPSA) is 170 Å². The highest BCUT2D eigenvalue weighted by Crippen LogP contribution is 2.20. The normalized spacial score (nSPS) is 15.0. The fourth-order valence-corrected chi connectivity index (χ4v) is 5.63. The molecule has 1 fully saturated rings. The summed E-state index contributed by atoms with van der Waals surface area (Å²) in [6.07, 6.45) is 4.96. The van der Waals surface area contributed by atoms with Gasteiger partial charge in [-0.3, -0.25) is 30.9 Å². The van der Waals surface area contributed by atoms with Crippen molar-refractivity contribution in [1.82, 2.24) is 25.3 Å². The van der Waals surface area contributed by atoms with Crippen LogP contribution in [0.25, 0.3) is 0 Å². The summed E-state index contributed by atoms with van der Waals surface area (Å²) in [5, 5.41) is 13.7. The standard InChI is InChI=1S/C39H64N8O7/c1-37(2,3)52-34(48)43-33(44-35(49)53-38(4,5)6)42-21-14-12-10-11-13-15-23-45-25-26-46(32(45)40)27-28-51-30-19-17-29(18-20-30)31-41-22-16-24-47(31)36(50)54-39(7,8)9/h17-20,40H,10-16,21-28H2,1-9H3,(H2,42,43,44,48,49). The van der Waals surface area contributed by atoms with E-state index in [1.54, 1.807) is 46.4 Å². The third-order valence-electron chi connectivity index (χ3n) is 8.00. The summed E-state index contributed by atoms with van der Waals surface area (Å²) in [5.41, 5.74) is -1.12. The average Bonchev–Trinajstić information content (AvgIpc) is 3.40. The molecule has 2 heterocycles. The Balaban J connectivity index is 1.32. The van der Waals surface area contributed by atoms with E-state index in [1.165, 1.54) is 0 Å². The number of amidine groups is 1. The van der Waals surface area contributed by atoms with Crippen LogP contribution >= 0.6 is 0 Å². The highest BCUT2D eigenvalue weighted by Gasteiger charge is 2.29. The number of ether oxygens (including phenoxy) is 4. The third-order valence-corrected chi connectivity index (χ3v) is 8.00. The first kappa shape index (κ1) is 43.8. The maximum atomic E-state index is 12.8. The second kappa shape index (κ2) is 20.2. The van der Waals surface area contributed by atoms with Gasteiger partial charge in [0.15, 0.2) is 5.96 Å². The maximum absolute atomic E-state index is 12.8. The Morgan fingerprint density at radius 1 is 0.741 bits per heavy atom.